The summed E-state index contributed by atoms with van der Waals surface area (Å²) >= 11 is 0. The second kappa shape index (κ2) is 9.67. The van der Waals surface area contributed by atoms with Crippen LogP contribution < -0.4 is 10.8 Å². The predicted molar refractivity (Wildman–Crippen MR) is 59.1 cm³/mol. The normalized spacial score (nSPS) is 9.00. The number of rotatable bonds is 5. The van der Waals surface area contributed by atoms with Crippen molar-refractivity contribution in [2.24, 2.45) is 0 Å². The molecule has 1 aromatic carbocycles. The zero-order chi connectivity index (χ0) is 9.52. The van der Waals surface area contributed by atoms with E-state index in [0.717, 1.165) is 25.0 Å². The molecule has 0 saturated carbocycles. The summed E-state index contributed by atoms with van der Waals surface area (Å²) in [7, 11) is 5.62. The van der Waals surface area contributed by atoms with Crippen molar-refractivity contribution in [3.63, 3.8) is 0 Å². The van der Waals surface area contributed by atoms with Crippen LogP contribution in [0.5, 0.6) is 0 Å². The molecule has 0 aromatic heterocycles. The summed E-state index contributed by atoms with van der Waals surface area (Å²) in [5, 5.41) is 11.8. The molecule has 82 valence electrons. The molecule has 0 amide bonds. The average Bonchev–Trinajstić information content (AvgIpc) is 2.13. The summed E-state index contributed by atoms with van der Waals surface area (Å²) in [6, 6.07) is 7.80. The van der Waals surface area contributed by atoms with Crippen molar-refractivity contribution in [3.05, 3.63) is 29.8 Å². The van der Waals surface area contributed by atoms with Gasteiger partial charge >= 0.3 is 79.7 Å². The van der Waals surface area contributed by atoms with E-state index in [-0.39, 0.29) is 17.6 Å². The van der Waals surface area contributed by atoms with Gasteiger partial charge in [-0.3, -0.25) is 0 Å². The molecular formula is C10H16BNO3. The molecule has 0 radical (unpaired) electrons. The Balaban J connectivity index is 0. The minimum atomic E-state index is 0. The standard InChI is InChI=1S/C10H14BNO.2H2O/c11-10-4-1-3-9(7-10)8-12-5-2-6-13;;/h1,3-4,7,12-13H,2,5-6,8H2;2*1H2/q+2;;/p-2. The van der Waals surface area contributed by atoms with Crippen LogP contribution in [0.4, 0.5) is 0 Å². The van der Waals surface area contributed by atoms with Crippen LogP contribution in [-0.4, -0.2) is 37.1 Å². The zero-order valence-electron chi connectivity index (χ0n) is 8.56. The van der Waals surface area contributed by atoms with Crippen molar-refractivity contribution >= 4 is 13.3 Å². The Morgan fingerprint density at radius 1 is 1.27 bits per heavy atom. The fourth-order valence-electron chi connectivity index (χ4n) is 1.14. The van der Waals surface area contributed by atoms with Crippen LogP contribution in [0.15, 0.2) is 24.3 Å². The molecule has 0 fully saturated rings. The molecule has 0 bridgehead atoms. The first-order valence-electron chi connectivity index (χ1n) is 4.49. The van der Waals surface area contributed by atoms with Gasteiger partial charge in [-0.15, -0.1) is 0 Å². The number of aliphatic hydroxyl groups excluding tert-OH is 1. The Kier molecular flexibility index (Phi) is 10.7. The Morgan fingerprint density at radius 2 is 2.00 bits per heavy atom. The van der Waals surface area contributed by atoms with Gasteiger partial charge in [-0.05, 0) is 0 Å². The first-order valence-corrected chi connectivity index (χ1v) is 4.49. The summed E-state index contributed by atoms with van der Waals surface area (Å²) < 4.78 is 0. The van der Waals surface area contributed by atoms with Crippen LogP contribution >= 0.6 is 0 Å². The van der Waals surface area contributed by atoms with Crippen molar-refractivity contribution in [1.29, 1.82) is 0 Å². The quantitative estimate of drug-likeness (QED) is 0.509. The van der Waals surface area contributed by atoms with Crippen LogP contribution in [0.2, 0.25) is 0 Å². The van der Waals surface area contributed by atoms with Crippen molar-refractivity contribution in [3.8, 4) is 0 Å². The van der Waals surface area contributed by atoms with Gasteiger partial charge in [0.15, 0.2) is 0 Å². The van der Waals surface area contributed by atoms with E-state index in [1.807, 2.05) is 24.3 Å². The third kappa shape index (κ3) is 7.10. The molecule has 4 nitrogen and oxygen atoms in total. The van der Waals surface area contributed by atoms with Crippen LogP contribution in [0.1, 0.15) is 12.0 Å². The van der Waals surface area contributed by atoms with E-state index in [4.69, 9.17) is 13.0 Å². The molecule has 0 heterocycles. The van der Waals surface area contributed by atoms with Crippen LogP contribution in [0, 0.1) is 0 Å². The van der Waals surface area contributed by atoms with Gasteiger partial charge in [0.25, 0.3) is 0 Å². The van der Waals surface area contributed by atoms with E-state index in [2.05, 4.69) is 5.32 Å². The van der Waals surface area contributed by atoms with Gasteiger partial charge in [0, 0.05) is 0 Å². The first kappa shape index (κ1) is 16.6. The third-order valence-electron chi connectivity index (χ3n) is 1.79. The smallest absolute Gasteiger partial charge is 0.870 e. The Labute approximate surface area is 91.3 Å². The number of hydrogen-bond acceptors (Lipinski definition) is 4. The molecular weight excluding hydrogens is 193 g/mol. The van der Waals surface area contributed by atoms with Gasteiger partial charge in [-0.25, -0.2) is 0 Å². The Morgan fingerprint density at radius 3 is 2.60 bits per heavy atom. The monoisotopic (exact) mass is 209 g/mol. The van der Waals surface area contributed by atoms with Gasteiger partial charge in [0.1, 0.15) is 0 Å². The maximum absolute atomic E-state index is 8.55. The van der Waals surface area contributed by atoms with E-state index in [9.17, 15) is 0 Å². The molecule has 1 rings (SSSR count). The van der Waals surface area contributed by atoms with Gasteiger partial charge in [0.05, 0.1) is 0 Å². The molecule has 5 heteroatoms. The Hall–Kier alpha value is -0.875. The van der Waals surface area contributed by atoms with E-state index in [0.29, 0.717) is 0 Å². The van der Waals surface area contributed by atoms with Crippen molar-refractivity contribution < 1.29 is 16.1 Å². The molecule has 1 aromatic rings. The molecule has 0 aliphatic heterocycles. The second-order valence-corrected chi connectivity index (χ2v) is 3.00. The van der Waals surface area contributed by atoms with Gasteiger partial charge in [0.2, 0.25) is 0 Å². The number of hydrogen-bond donors (Lipinski definition) is 2. The summed E-state index contributed by atoms with van der Waals surface area (Å²) in [5.41, 5.74) is 1.97. The van der Waals surface area contributed by atoms with E-state index in [1.165, 1.54) is 5.56 Å². The minimum Gasteiger partial charge on any atom is -0.870 e. The fraction of sp³-hybridized carbons (Fsp3) is 0.400. The van der Waals surface area contributed by atoms with E-state index in [1.54, 1.807) is 0 Å². The van der Waals surface area contributed by atoms with Gasteiger partial charge < -0.3 is 11.0 Å². The zero-order valence-corrected chi connectivity index (χ0v) is 8.56. The third-order valence-corrected chi connectivity index (χ3v) is 1.79. The van der Waals surface area contributed by atoms with Crippen molar-refractivity contribution in [1.82, 2.24) is 5.32 Å². The maximum atomic E-state index is 8.55. The molecule has 0 aliphatic rings. The minimum absolute atomic E-state index is 0. The maximum Gasteiger partial charge on any atom is -0.870 e. The second-order valence-electron chi connectivity index (χ2n) is 3.00. The molecule has 0 unspecified atom stereocenters. The summed E-state index contributed by atoms with van der Waals surface area (Å²) in [6.45, 7) is 1.89. The fourth-order valence-corrected chi connectivity index (χ4v) is 1.14. The summed E-state index contributed by atoms with van der Waals surface area (Å²) in [5.74, 6) is 0. The van der Waals surface area contributed by atoms with Crippen LogP contribution in [-0.2, 0) is 6.54 Å². The van der Waals surface area contributed by atoms with Crippen molar-refractivity contribution in [2.45, 2.75) is 13.0 Å². The predicted octanol–water partition coefficient (Wildman–Crippen LogP) is -0.401. The molecule has 4 N–H and O–H groups in total. The summed E-state index contributed by atoms with van der Waals surface area (Å²) in [4.78, 5) is 0. The molecule has 0 atom stereocenters. The average molecular weight is 209 g/mol. The van der Waals surface area contributed by atoms with Gasteiger partial charge in [-0.1, -0.05) is 0 Å². The van der Waals surface area contributed by atoms with E-state index >= 15 is 0 Å². The summed E-state index contributed by atoms with van der Waals surface area (Å²) in [6.07, 6.45) is 0.794. The number of nitrogens with one attached hydrogen (secondary N) is 1. The van der Waals surface area contributed by atoms with Gasteiger partial charge in [-0.2, -0.15) is 0 Å². The van der Waals surface area contributed by atoms with E-state index < -0.39 is 0 Å². The molecule has 0 aliphatic carbocycles. The van der Waals surface area contributed by atoms with Crippen molar-refractivity contribution in [2.75, 3.05) is 13.2 Å². The number of benzene rings is 1. The largest absolute Gasteiger partial charge is 0.870 e. The first-order chi connectivity index (χ1) is 6.33. The van der Waals surface area contributed by atoms with Crippen LogP contribution in [0.3, 0.4) is 0 Å². The molecule has 0 saturated heterocycles. The van der Waals surface area contributed by atoms with Crippen LogP contribution in [0.25, 0.3) is 0 Å². The molecule has 15 heavy (non-hydrogen) atoms. The number of aliphatic hydroxyl groups is 1. The SMILES string of the molecule is [B+2]c1cccc(CNCCCO)c1.[OH-].[OH-]. The Bertz CT molecular complexity index is 258. The topological polar surface area (TPSA) is 92.3 Å². The molecule has 0 spiro atoms.